The molecule has 2 heterocycles. The molecule has 0 aliphatic heterocycles. The molecule has 2 aromatic heterocycles. The van der Waals surface area contributed by atoms with Gasteiger partial charge in [0.15, 0.2) is 0 Å². The number of aromatic nitrogens is 4. The van der Waals surface area contributed by atoms with Gasteiger partial charge in [-0.1, -0.05) is 16.8 Å². The van der Waals surface area contributed by atoms with Gasteiger partial charge in [0.1, 0.15) is 11.4 Å². The SMILES string of the molecule is COc1cc(N)c(Cl)cc1-c1nc(-c2cncn2C)no1. The second-order valence-corrected chi connectivity index (χ2v) is 4.79. The average molecular weight is 306 g/mol. The van der Waals surface area contributed by atoms with Crippen molar-refractivity contribution in [3.05, 3.63) is 29.7 Å². The Bertz CT molecular complexity index is 796. The summed E-state index contributed by atoms with van der Waals surface area (Å²) in [6.07, 6.45) is 3.31. The normalized spacial score (nSPS) is 10.8. The minimum absolute atomic E-state index is 0.296. The number of ether oxygens (including phenoxy) is 1. The van der Waals surface area contributed by atoms with Crippen molar-refractivity contribution in [1.82, 2.24) is 19.7 Å². The van der Waals surface area contributed by atoms with Crippen LogP contribution in [0.4, 0.5) is 5.69 Å². The van der Waals surface area contributed by atoms with Gasteiger partial charge in [0.25, 0.3) is 5.89 Å². The Morgan fingerprint density at radius 2 is 2.19 bits per heavy atom. The molecule has 0 saturated carbocycles. The van der Waals surface area contributed by atoms with Crippen LogP contribution in [-0.2, 0) is 7.05 Å². The van der Waals surface area contributed by atoms with Crippen molar-refractivity contribution < 1.29 is 9.26 Å². The number of nitrogen functional groups attached to an aromatic ring is 1. The minimum atomic E-state index is 0.296. The fourth-order valence-electron chi connectivity index (χ4n) is 1.91. The second-order valence-electron chi connectivity index (χ2n) is 4.39. The summed E-state index contributed by atoms with van der Waals surface area (Å²) in [4.78, 5) is 8.36. The van der Waals surface area contributed by atoms with Gasteiger partial charge in [-0.15, -0.1) is 0 Å². The summed E-state index contributed by atoms with van der Waals surface area (Å²) in [6.45, 7) is 0. The van der Waals surface area contributed by atoms with Crippen LogP contribution >= 0.6 is 11.6 Å². The van der Waals surface area contributed by atoms with E-state index in [-0.39, 0.29) is 0 Å². The summed E-state index contributed by atoms with van der Waals surface area (Å²) < 4.78 is 12.4. The van der Waals surface area contributed by atoms with Crippen LogP contribution in [0.15, 0.2) is 29.2 Å². The highest BCUT2D eigenvalue weighted by molar-refractivity contribution is 6.33. The summed E-state index contributed by atoms with van der Waals surface area (Å²) in [7, 11) is 3.38. The zero-order valence-electron chi connectivity index (χ0n) is 11.4. The van der Waals surface area contributed by atoms with Gasteiger partial charge in [0, 0.05) is 13.1 Å². The van der Waals surface area contributed by atoms with Crippen molar-refractivity contribution >= 4 is 17.3 Å². The van der Waals surface area contributed by atoms with Crippen LogP contribution in [-0.4, -0.2) is 26.8 Å². The Labute approximate surface area is 125 Å². The Morgan fingerprint density at radius 1 is 1.38 bits per heavy atom. The van der Waals surface area contributed by atoms with Crippen LogP contribution in [0.25, 0.3) is 23.0 Å². The third-order valence-corrected chi connectivity index (χ3v) is 3.35. The van der Waals surface area contributed by atoms with Crippen molar-refractivity contribution in [3.63, 3.8) is 0 Å². The summed E-state index contributed by atoms with van der Waals surface area (Å²) in [5.41, 5.74) is 7.50. The van der Waals surface area contributed by atoms with E-state index in [1.54, 1.807) is 29.2 Å². The number of anilines is 1. The fourth-order valence-corrected chi connectivity index (χ4v) is 2.08. The number of methoxy groups -OCH3 is 1. The number of halogens is 1. The molecule has 0 saturated heterocycles. The lowest BCUT2D eigenvalue weighted by Crippen LogP contribution is -1.93. The Morgan fingerprint density at radius 3 is 2.86 bits per heavy atom. The molecular formula is C13H12ClN5O2. The number of benzene rings is 1. The number of hydrogen-bond acceptors (Lipinski definition) is 6. The topological polar surface area (TPSA) is 92.0 Å². The van der Waals surface area contributed by atoms with Gasteiger partial charge in [0.2, 0.25) is 5.82 Å². The minimum Gasteiger partial charge on any atom is -0.496 e. The molecule has 0 amide bonds. The van der Waals surface area contributed by atoms with Gasteiger partial charge in [-0.3, -0.25) is 0 Å². The van der Waals surface area contributed by atoms with Crippen LogP contribution in [0.2, 0.25) is 5.02 Å². The third kappa shape index (κ3) is 2.31. The quantitative estimate of drug-likeness (QED) is 0.747. The van der Waals surface area contributed by atoms with Crippen molar-refractivity contribution in [1.29, 1.82) is 0 Å². The Kier molecular flexibility index (Phi) is 3.26. The van der Waals surface area contributed by atoms with Crippen molar-refractivity contribution in [2.75, 3.05) is 12.8 Å². The summed E-state index contributed by atoms with van der Waals surface area (Å²) >= 11 is 6.04. The molecule has 3 aromatic rings. The zero-order chi connectivity index (χ0) is 15.0. The first-order chi connectivity index (χ1) is 10.1. The maximum atomic E-state index is 6.04. The third-order valence-electron chi connectivity index (χ3n) is 3.02. The molecule has 0 aliphatic carbocycles. The number of hydrogen-bond donors (Lipinski definition) is 1. The van der Waals surface area contributed by atoms with Crippen LogP contribution < -0.4 is 10.5 Å². The number of nitrogens with two attached hydrogens (primary N) is 1. The lowest BCUT2D eigenvalue weighted by molar-refractivity contribution is 0.405. The van der Waals surface area contributed by atoms with Gasteiger partial charge >= 0.3 is 0 Å². The number of aryl methyl sites for hydroxylation is 1. The van der Waals surface area contributed by atoms with E-state index in [1.807, 2.05) is 7.05 Å². The molecule has 7 nitrogen and oxygen atoms in total. The van der Waals surface area contributed by atoms with Gasteiger partial charge in [0.05, 0.1) is 35.9 Å². The Hall–Kier alpha value is -2.54. The molecule has 0 bridgehead atoms. The van der Waals surface area contributed by atoms with Gasteiger partial charge < -0.3 is 19.6 Å². The smallest absolute Gasteiger partial charge is 0.262 e. The van der Waals surface area contributed by atoms with E-state index < -0.39 is 0 Å². The first kappa shape index (κ1) is 13.4. The predicted molar refractivity (Wildman–Crippen MR) is 77.9 cm³/mol. The maximum Gasteiger partial charge on any atom is 0.262 e. The second kappa shape index (κ2) is 5.10. The molecule has 108 valence electrons. The van der Waals surface area contributed by atoms with Gasteiger partial charge in [-0.25, -0.2) is 4.98 Å². The van der Waals surface area contributed by atoms with Crippen molar-refractivity contribution in [2.45, 2.75) is 0 Å². The average Bonchev–Trinajstić information content (AvgIpc) is 3.09. The molecule has 3 rings (SSSR count). The highest BCUT2D eigenvalue weighted by Gasteiger charge is 2.18. The van der Waals surface area contributed by atoms with Crippen LogP contribution in [0.3, 0.4) is 0 Å². The van der Waals surface area contributed by atoms with Crippen molar-refractivity contribution in [2.24, 2.45) is 7.05 Å². The molecule has 0 fully saturated rings. The maximum absolute atomic E-state index is 6.04. The van der Waals surface area contributed by atoms with E-state index in [0.29, 0.717) is 33.7 Å². The van der Waals surface area contributed by atoms with Crippen molar-refractivity contribution in [3.8, 4) is 28.7 Å². The van der Waals surface area contributed by atoms with E-state index in [0.717, 1.165) is 5.69 Å². The highest BCUT2D eigenvalue weighted by Crippen LogP contribution is 2.35. The lowest BCUT2D eigenvalue weighted by atomic mass is 10.2. The fraction of sp³-hybridized carbons (Fsp3) is 0.154. The molecule has 1 aromatic carbocycles. The summed E-state index contributed by atoms with van der Waals surface area (Å²) in [5, 5.41) is 4.34. The van der Waals surface area contributed by atoms with Crippen LogP contribution in [0.1, 0.15) is 0 Å². The van der Waals surface area contributed by atoms with E-state index in [1.165, 1.54) is 7.11 Å². The number of rotatable bonds is 3. The molecule has 8 heteroatoms. The Balaban J connectivity index is 2.08. The van der Waals surface area contributed by atoms with E-state index >= 15 is 0 Å². The monoisotopic (exact) mass is 305 g/mol. The number of nitrogens with zero attached hydrogens (tertiary/aromatic N) is 4. The predicted octanol–water partition coefficient (Wildman–Crippen LogP) is 2.38. The van der Waals surface area contributed by atoms with Crippen LogP contribution in [0.5, 0.6) is 5.75 Å². The zero-order valence-corrected chi connectivity index (χ0v) is 12.1. The molecule has 0 aliphatic rings. The summed E-state index contributed by atoms with van der Waals surface area (Å²) in [6, 6.07) is 3.25. The number of imidazole rings is 1. The lowest BCUT2D eigenvalue weighted by Gasteiger charge is -2.07. The molecule has 2 N–H and O–H groups in total. The molecular weight excluding hydrogens is 294 g/mol. The molecule has 0 spiro atoms. The van der Waals surface area contributed by atoms with Gasteiger partial charge in [-0.05, 0) is 6.07 Å². The molecule has 0 unspecified atom stereocenters. The van der Waals surface area contributed by atoms with E-state index in [4.69, 9.17) is 26.6 Å². The molecule has 21 heavy (non-hydrogen) atoms. The molecule has 0 atom stereocenters. The molecule has 0 radical (unpaired) electrons. The first-order valence-electron chi connectivity index (χ1n) is 6.04. The van der Waals surface area contributed by atoms with Crippen LogP contribution in [0, 0.1) is 0 Å². The highest BCUT2D eigenvalue weighted by atomic mass is 35.5. The standard InChI is InChI=1S/C13H12ClN5O2/c1-19-6-16-5-10(19)12-17-13(21-18-12)7-3-8(14)9(15)4-11(7)20-2/h3-6H,15H2,1-2H3. The summed E-state index contributed by atoms with van der Waals surface area (Å²) in [5.74, 6) is 1.24. The van der Waals surface area contributed by atoms with E-state index in [2.05, 4.69) is 15.1 Å². The van der Waals surface area contributed by atoms with E-state index in [9.17, 15) is 0 Å². The largest absolute Gasteiger partial charge is 0.496 e. The first-order valence-corrected chi connectivity index (χ1v) is 6.41. The van der Waals surface area contributed by atoms with Gasteiger partial charge in [-0.2, -0.15) is 4.98 Å².